The average Bonchev–Trinajstić information content (AvgIpc) is 3.06. The quantitative estimate of drug-likeness (QED) is 0.707. The maximum atomic E-state index is 13.7. The fourth-order valence-electron chi connectivity index (χ4n) is 8.78. The molecule has 3 saturated carbocycles. The van der Waals surface area contributed by atoms with Crippen LogP contribution in [0.3, 0.4) is 0 Å². The molecule has 5 heteroatoms. The van der Waals surface area contributed by atoms with Gasteiger partial charge < -0.3 is 9.84 Å². The maximum Gasteiger partial charge on any atom is 0.191 e. The zero-order valence-corrected chi connectivity index (χ0v) is 16.3. The minimum absolute atomic E-state index is 0.0437. The van der Waals surface area contributed by atoms with Gasteiger partial charge in [-0.25, -0.2) is 0 Å². The third-order valence-corrected chi connectivity index (χ3v) is 9.48. The second-order valence-corrected chi connectivity index (χ2v) is 10.5. The van der Waals surface area contributed by atoms with Gasteiger partial charge in [0.25, 0.3) is 0 Å². The van der Waals surface area contributed by atoms with Crippen molar-refractivity contribution in [2.75, 3.05) is 19.7 Å². The van der Waals surface area contributed by atoms with Crippen molar-refractivity contribution in [3.63, 3.8) is 0 Å². The molecule has 6 atom stereocenters. The predicted molar refractivity (Wildman–Crippen MR) is 97.8 cm³/mol. The molecule has 1 N–H and O–H groups in total. The van der Waals surface area contributed by atoms with Crippen LogP contribution in [0.4, 0.5) is 0 Å². The van der Waals surface area contributed by atoms with Crippen molar-refractivity contribution >= 4 is 11.6 Å². The van der Waals surface area contributed by atoms with E-state index in [1.807, 2.05) is 6.92 Å². The number of allylic oxidation sites excluding steroid dienone is 1. The third-order valence-electron chi connectivity index (χ3n) is 9.48. The Labute approximate surface area is 160 Å². The number of carbonyl (C=O) groups is 2. The number of ketones is 2. The monoisotopic (exact) mass is 371 g/mol. The summed E-state index contributed by atoms with van der Waals surface area (Å²) in [7, 11) is 0. The van der Waals surface area contributed by atoms with Gasteiger partial charge in [-0.1, -0.05) is 18.9 Å². The molecule has 5 aliphatic carbocycles. The normalized spacial score (nSPS) is 54.0. The van der Waals surface area contributed by atoms with Crippen molar-refractivity contribution in [2.45, 2.75) is 70.6 Å². The van der Waals surface area contributed by atoms with Gasteiger partial charge in [0.15, 0.2) is 5.78 Å². The van der Waals surface area contributed by atoms with Crippen LogP contribution in [0.5, 0.6) is 0 Å². The van der Waals surface area contributed by atoms with Crippen LogP contribution >= 0.6 is 0 Å². The summed E-state index contributed by atoms with van der Waals surface area (Å²) < 4.78 is 6.11. The summed E-state index contributed by atoms with van der Waals surface area (Å²) in [5.74, 6) is -0.0290. The SMILES string of the molecule is CC1=C2CCC3(CC(=O)C4C5(CCC[C@@]4(C)[C@@H]4OCCN4C5)[C@]3(O)C2=O)C1. The highest BCUT2D eigenvalue weighted by Crippen LogP contribution is 2.73. The number of piperidine rings is 1. The Morgan fingerprint density at radius 1 is 1.19 bits per heavy atom. The Morgan fingerprint density at radius 2 is 2.00 bits per heavy atom. The molecule has 1 spiro atoms. The molecule has 4 bridgehead atoms. The fraction of sp³-hybridized carbons (Fsp3) is 0.818. The topological polar surface area (TPSA) is 66.8 Å². The van der Waals surface area contributed by atoms with E-state index >= 15 is 0 Å². The first kappa shape index (κ1) is 16.9. The molecule has 7 rings (SSSR count). The van der Waals surface area contributed by atoms with E-state index in [1.54, 1.807) is 0 Å². The minimum atomic E-state index is -1.39. The third kappa shape index (κ3) is 1.56. The first-order valence-electron chi connectivity index (χ1n) is 10.6. The molecule has 3 unspecified atom stereocenters. The molecule has 5 nitrogen and oxygen atoms in total. The number of fused-ring (bicyclic) bond motifs is 4. The van der Waals surface area contributed by atoms with Crippen LogP contribution in [0, 0.1) is 22.2 Å². The summed E-state index contributed by atoms with van der Waals surface area (Å²) >= 11 is 0. The lowest BCUT2D eigenvalue weighted by molar-refractivity contribution is -0.287. The molecule has 0 aromatic rings. The molecule has 7 aliphatic rings. The van der Waals surface area contributed by atoms with Crippen LogP contribution in [0.15, 0.2) is 11.1 Å². The first-order valence-corrected chi connectivity index (χ1v) is 10.6. The summed E-state index contributed by atoms with van der Waals surface area (Å²) in [4.78, 5) is 29.8. The molecular formula is C22H29NO4. The highest BCUT2D eigenvalue weighted by molar-refractivity contribution is 6.08. The fourth-order valence-corrected chi connectivity index (χ4v) is 8.78. The Hall–Kier alpha value is -1.04. The molecule has 0 aromatic carbocycles. The van der Waals surface area contributed by atoms with Crippen LogP contribution < -0.4 is 0 Å². The molecule has 0 aromatic heterocycles. The Bertz CT molecular complexity index is 819. The molecule has 2 aliphatic heterocycles. The van der Waals surface area contributed by atoms with Crippen LogP contribution in [0.25, 0.3) is 0 Å². The van der Waals surface area contributed by atoms with E-state index < -0.39 is 16.4 Å². The van der Waals surface area contributed by atoms with Gasteiger partial charge in [0.2, 0.25) is 0 Å². The van der Waals surface area contributed by atoms with E-state index in [0.717, 1.165) is 49.8 Å². The van der Waals surface area contributed by atoms with Crippen LogP contribution in [-0.2, 0) is 14.3 Å². The largest absolute Gasteiger partial charge is 0.380 e. The molecule has 0 amide bonds. The smallest absolute Gasteiger partial charge is 0.191 e. The molecule has 2 saturated heterocycles. The van der Waals surface area contributed by atoms with Crippen LogP contribution in [-0.4, -0.2) is 53.1 Å². The zero-order valence-electron chi connectivity index (χ0n) is 16.3. The Morgan fingerprint density at radius 3 is 2.78 bits per heavy atom. The zero-order chi connectivity index (χ0) is 18.8. The lowest BCUT2D eigenvalue weighted by atomic mass is 9.33. The van der Waals surface area contributed by atoms with Gasteiger partial charge in [-0.05, 0) is 44.6 Å². The molecule has 0 radical (unpaired) electrons. The molecular weight excluding hydrogens is 342 g/mol. The maximum absolute atomic E-state index is 13.7. The highest BCUT2D eigenvalue weighted by Gasteiger charge is 2.80. The van der Waals surface area contributed by atoms with E-state index in [1.165, 1.54) is 0 Å². The summed E-state index contributed by atoms with van der Waals surface area (Å²) in [5.41, 5.74) is -0.967. The molecule has 2 heterocycles. The number of carbonyl (C=O) groups excluding carboxylic acids is 2. The molecule has 5 fully saturated rings. The van der Waals surface area contributed by atoms with Crippen molar-refractivity contribution in [3.8, 4) is 0 Å². The second-order valence-electron chi connectivity index (χ2n) is 10.5. The lowest BCUT2D eigenvalue weighted by Gasteiger charge is -2.73. The van der Waals surface area contributed by atoms with Crippen molar-refractivity contribution in [1.82, 2.24) is 4.90 Å². The number of nitrogens with zero attached hydrogens (tertiary/aromatic N) is 1. The van der Waals surface area contributed by atoms with Crippen molar-refractivity contribution in [1.29, 1.82) is 0 Å². The number of ether oxygens (including phenoxy) is 1. The summed E-state index contributed by atoms with van der Waals surface area (Å²) in [6.07, 6.45) is 5.19. The van der Waals surface area contributed by atoms with Gasteiger partial charge in [-0.3, -0.25) is 14.5 Å². The summed E-state index contributed by atoms with van der Waals surface area (Å²) in [6.45, 7) is 6.35. The molecule has 27 heavy (non-hydrogen) atoms. The minimum Gasteiger partial charge on any atom is -0.380 e. The standard InChI is InChI=1S/C22H29NO4/c1-13-10-20-7-4-14(13)17(25)22(20,26)21-6-3-5-19(2,16(21)15(24)11-20)18-23(12-21)8-9-27-18/h16,18,26H,3-12H2,1-2H3/t16?,18-,19+,20?,21?,22-/m0/s1. The molecule has 146 valence electrons. The van der Waals surface area contributed by atoms with E-state index in [0.29, 0.717) is 26.0 Å². The van der Waals surface area contributed by atoms with Crippen LogP contribution in [0.2, 0.25) is 0 Å². The lowest BCUT2D eigenvalue weighted by Crippen LogP contribution is -2.82. The number of rotatable bonds is 0. The summed E-state index contributed by atoms with van der Waals surface area (Å²) in [6, 6.07) is 0. The van der Waals surface area contributed by atoms with Crippen molar-refractivity contribution in [3.05, 3.63) is 11.1 Å². The number of hydrogen-bond donors (Lipinski definition) is 1. The van der Waals surface area contributed by atoms with E-state index in [2.05, 4.69) is 11.8 Å². The van der Waals surface area contributed by atoms with Crippen molar-refractivity contribution in [2.24, 2.45) is 22.2 Å². The van der Waals surface area contributed by atoms with Gasteiger partial charge in [-0.2, -0.15) is 0 Å². The summed E-state index contributed by atoms with van der Waals surface area (Å²) in [5, 5.41) is 12.4. The van der Waals surface area contributed by atoms with E-state index in [9.17, 15) is 14.7 Å². The first-order chi connectivity index (χ1) is 12.8. The van der Waals surface area contributed by atoms with Crippen molar-refractivity contribution < 1.29 is 19.4 Å². The average molecular weight is 371 g/mol. The van der Waals surface area contributed by atoms with Gasteiger partial charge in [0.05, 0.1) is 6.61 Å². The van der Waals surface area contributed by atoms with E-state index in [4.69, 9.17) is 4.74 Å². The predicted octanol–water partition coefficient (Wildman–Crippen LogP) is 2.22. The number of aliphatic hydroxyl groups is 1. The highest BCUT2D eigenvalue weighted by atomic mass is 16.5. The second kappa shape index (κ2) is 4.74. The van der Waals surface area contributed by atoms with Gasteiger partial charge in [0.1, 0.15) is 17.6 Å². The van der Waals surface area contributed by atoms with E-state index in [-0.39, 0.29) is 29.1 Å². The Balaban J connectivity index is 1.62. The van der Waals surface area contributed by atoms with Gasteiger partial charge >= 0.3 is 0 Å². The number of hydrogen-bond acceptors (Lipinski definition) is 5. The Kier molecular flexibility index (Phi) is 2.96. The number of Topliss-reactive ketones (excluding diaryl/α,β-unsaturated/α-hetero) is 2. The van der Waals surface area contributed by atoms with Gasteiger partial charge in [-0.15, -0.1) is 0 Å². The van der Waals surface area contributed by atoms with Gasteiger partial charge in [0, 0.05) is 41.7 Å². The van der Waals surface area contributed by atoms with Crippen LogP contribution in [0.1, 0.15) is 58.8 Å².